The first kappa shape index (κ1) is 26.9. The normalized spacial score (nSPS) is 11.9. The lowest BCUT2D eigenvalue weighted by Gasteiger charge is -2.17. The molecule has 38 heavy (non-hydrogen) atoms. The first-order valence-electron chi connectivity index (χ1n) is 12.4. The molecule has 0 fully saturated rings. The Labute approximate surface area is 227 Å². The second-order valence-electron chi connectivity index (χ2n) is 8.95. The van der Waals surface area contributed by atoms with E-state index in [1.54, 1.807) is 6.08 Å². The molecule has 8 heteroatoms. The van der Waals surface area contributed by atoms with Gasteiger partial charge in [0.1, 0.15) is 0 Å². The second kappa shape index (κ2) is 12.4. The van der Waals surface area contributed by atoms with Crippen molar-refractivity contribution in [2.24, 2.45) is 7.05 Å². The zero-order valence-corrected chi connectivity index (χ0v) is 22.8. The maximum Gasteiger partial charge on any atom is 0.248 e. The summed E-state index contributed by atoms with van der Waals surface area (Å²) >= 11 is 1.40. The summed E-state index contributed by atoms with van der Waals surface area (Å²) in [6.45, 7) is 5.97. The van der Waals surface area contributed by atoms with Crippen molar-refractivity contribution in [3.8, 4) is 11.4 Å². The Kier molecular flexibility index (Phi) is 8.76. The smallest absolute Gasteiger partial charge is 0.248 e. The Bertz CT molecular complexity index is 1430. The molecule has 1 atom stereocenters. The number of anilines is 2. The summed E-state index contributed by atoms with van der Waals surface area (Å²) in [5, 5.41) is 15.0. The number of carbonyl (C=O) groups is 2. The number of thioether (sulfide) groups is 1. The van der Waals surface area contributed by atoms with Crippen molar-refractivity contribution in [1.29, 1.82) is 0 Å². The lowest BCUT2D eigenvalue weighted by atomic mass is 10.1. The van der Waals surface area contributed by atoms with Crippen LogP contribution >= 0.6 is 11.8 Å². The van der Waals surface area contributed by atoms with E-state index in [2.05, 4.69) is 20.8 Å². The van der Waals surface area contributed by atoms with Crippen molar-refractivity contribution in [2.45, 2.75) is 37.6 Å². The minimum atomic E-state index is -0.314. The molecule has 0 aliphatic carbocycles. The monoisotopic (exact) mass is 525 g/mol. The molecule has 0 aliphatic rings. The van der Waals surface area contributed by atoms with Crippen LogP contribution in [0.15, 0.2) is 84.0 Å². The average Bonchev–Trinajstić information content (AvgIpc) is 3.28. The van der Waals surface area contributed by atoms with Crippen molar-refractivity contribution in [3.05, 3.63) is 95.6 Å². The predicted octanol–water partition coefficient (Wildman–Crippen LogP) is 6.26. The van der Waals surface area contributed by atoms with Gasteiger partial charge in [0.2, 0.25) is 11.8 Å². The van der Waals surface area contributed by atoms with Crippen molar-refractivity contribution in [3.63, 3.8) is 0 Å². The fraction of sp³-hybridized carbons (Fsp3) is 0.200. The van der Waals surface area contributed by atoms with Gasteiger partial charge in [-0.2, -0.15) is 0 Å². The van der Waals surface area contributed by atoms with Gasteiger partial charge in [0, 0.05) is 30.1 Å². The quantitative estimate of drug-likeness (QED) is 0.199. The number of aryl methyl sites for hydroxylation is 2. The first-order valence-corrected chi connectivity index (χ1v) is 13.3. The zero-order valence-electron chi connectivity index (χ0n) is 21.9. The van der Waals surface area contributed by atoms with E-state index in [0.29, 0.717) is 23.1 Å². The number of hydrogen-bond acceptors (Lipinski definition) is 5. The van der Waals surface area contributed by atoms with E-state index in [4.69, 9.17) is 0 Å². The number of para-hydroxylation sites is 1. The van der Waals surface area contributed by atoms with Crippen LogP contribution in [-0.2, 0) is 16.6 Å². The van der Waals surface area contributed by atoms with Crippen LogP contribution in [0.25, 0.3) is 17.5 Å². The molecule has 0 radical (unpaired) electrons. The van der Waals surface area contributed by atoms with Gasteiger partial charge in [0.05, 0.1) is 5.25 Å². The van der Waals surface area contributed by atoms with Crippen LogP contribution in [0.3, 0.4) is 0 Å². The van der Waals surface area contributed by atoms with Gasteiger partial charge in [-0.3, -0.25) is 9.59 Å². The number of benzene rings is 3. The molecule has 1 heterocycles. The number of aromatic nitrogens is 3. The molecule has 0 saturated carbocycles. The summed E-state index contributed by atoms with van der Waals surface area (Å²) < 4.78 is 1.88. The van der Waals surface area contributed by atoms with Crippen LogP contribution in [-0.4, -0.2) is 31.8 Å². The molecule has 4 rings (SSSR count). The molecule has 1 aromatic heterocycles. The molecule has 4 aromatic rings. The number of carbonyl (C=O) groups excluding carboxylic acids is 2. The van der Waals surface area contributed by atoms with Crippen LogP contribution in [0, 0.1) is 13.8 Å². The Morgan fingerprint density at radius 2 is 1.61 bits per heavy atom. The van der Waals surface area contributed by atoms with Gasteiger partial charge in [-0.05, 0) is 67.3 Å². The maximum atomic E-state index is 13.1. The summed E-state index contributed by atoms with van der Waals surface area (Å²) in [6, 6.07) is 23.1. The van der Waals surface area contributed by atoms with Crippen molar-refractivity contribution < 1.29 is 9.59 Å². The van der Waals surface area contributed by atoms with E-state index in [0.717, 1.165) is 27.9 Å². The summed E-state index contributed by atoms with van der Waals surface area (Å²) in [7, 11) is 1.89. The van der Waals surface area contributed by atoms with Crippen molar-refractivity contribution >= 4 is 41.0 Å². The van der Waals surface area contributed by atoms with E-state index < -0.39 is 0 Å². The molecule has 194 valence electrons. The molecule has 0 aliphatic heterocycles. The molecule has 1 unspecified atom stereocenters. The number of nitrogens with one attached hydrogen (secondary N) is 2. The van der Waals surface area contributed by atoms with Gasteiger partial charge in [-0.25, -0.2) is 0 Å². The fourth-order valence-electron chi connectivity index (χ4n) is 3.96. The van der Waals surface area contributed by atoms with Crippen LogP contribution < -0.4 is 10.6 Å². The number of nitrogens with zero attached hydrogens (tertiary/aromatic N) is 3. The Balaban J connectivity index is 1.40. The zero-order chi connectivity index (χ0) is 27.1. The van der Waals surface area contributed by atoms with Gasteiger partial charge in [-0.15, -0.1) is 10.2 Å². The Morgan fingerprint density at radius 1 is 0.921 bits per heavy atom. The molecule has 2 N–H and O–H groups in total. The van der Waals surface area contributed by atoms with E-state index in [9.17, 15) is 9.59 Å². The fourth-order valence-corrected chi connectivity index (χ4v) is 4.88. The minimum absolute atomic E-state index is 0.0548. The van der Waals surface area contributed by atoms with E-state index >= 15 is 0 Å². The van der Waals surface area contributed by atoms with Crippen LogP contribution in [0.2, 0.25) is 0 Å². The van der Waals surface area contributed by atoms with Gasteiger partial charge in [-0.1, -0.05) is 67.2 Å². The van der Waals surface area contributed by atoms with Gasteiger partial charge in [0.25, 0.3) is 0 Å². The summed E-state index contributed by atoms with van der Waals surface area (Å²) in [5.41, 5.74) is 5.43. The summed E-state index contributed by atoms with van der Waals surface area (Å²) in [5.74, 6) is 0.420. The highest BCUT2D eigenvalue weighted by molar-refractivity contribution is 8.00. The van der Waals surface area contributed by atoms with Gasteiger partial charge >= 0.3 is 0 Å². The van der Waals surface area contributed by atoms with E-state index in [1.165, 1.54) is 17.8 Å². The first-order chi connectivity index (χ1) is 18.4. The lowest BCUT2D eigenvalue weighted by molar-refractivity contribution is -0.115. The van der Waals surface area contributed by atoms with Gasteiger partial charge < -0.3 is 15.2 Å². The molecular formula is C30H31N5O2S. The third-order valence-electron chi connectivity index (χ3n) is 6.11. The van der Waals surface area contributed by atoms with Crippen LogP contribution in [0.1, 0.15) is 30.0 Å². The van der Waals surface area contributed by atoms with Crippen LogP contribution in [0.4, 0.5) is 11.4 Å². The van der Waals surface area contributed by atoms with Crippen LogP contribution in [0.5, 0.6) is 0 Å². The number of amides is 2. The second-order valence-corrected chi connectivity index (χ2v) is 10.1. The van der Waals surface area contributed by atoms with E-state index in [-0.39, 0.29) is 17.1 Å². The predicted molar refractivity (Wildman–Crippen MR) is 155 cm³/mol. The lowest BCUT2D eigenvalue weighted by Crippen LogP contribution is -2.25. The molecule has 0 spiro atoms. The highest BCUT2D eigenvalue weighted by Crippen LogP contribution is 2.29. The third kappa shape index (κ3) is 6.58. The number of rotatable bonds is 9. The SMILES string of the molecule is CCC(Sc1nnc(-c2ccc(NC(=O)/C=C/c3ccccc3)cc2)n1C)C(=O)Nc1c(C)cccc1C. The topological polar surface area (TPSA) is 88.9 Å². The molecule has 2 amide bonds. The van der Waals surface area contributed by atoms with E-state index in [1.807, 2.05) is 105 Å². The highest BCUT2D eigenvalue weighted by Gasteiger charge is 2.23. The molecule has 0 bridgehead atoms. The summed E-state index contributed by atoms with van der Waals surface area (Å²) in [6.07, 6.45) is 3.93. The third-order valence-corrected chi connectivity index (χ3v) is 7.51. The Hall–Kier alpha value is -4.17. The summed E-state index contributed by atoms with van der Waals surface area (Å²) in [4.78, 5) is 25.3. The molecule has 0 saturated heterocycles. The molecule has 3 aromatic carbocycles. The van der Waals surface area contributed by atoms with Crippen molar-refractivity contribution in [1.82, 2.24) is 14.8 Å². The number of hydrogen-bond donors (Lipinski definition) is 2. The maximum absolute atomic E-state index is 13.1. The average molecular weight is 526 g/mol. The van der Waals surface area contributed by atoms with Crippen molar-refractivity contribution in [2.75, 3.05) is 10.6 Å². The molecule has 7 nitrogen and oxygen atoms in total. The Morgan fingerprint density at radius 3 is 2.26 bits per heavy atom. The minimum Gasteiger partial charge on any atom is -0.325 e. The molecular weight excluding hydrogens is 494 g/mol. The standard InChI is InChI=1S/C30H31N5O2S/c1-5-25(29(37)32-27-20(2)10-9-11-21(27)3)38-30-34-33-28(35(30)4)23-15-17-24(18-16-23)31-26(36)19-14-22-12-7-6-8-13-22/h6-19,25H,5H2,1-4H3,(H,31,36)(H,32,37)/b19-14+. The largest absolute Gasteiger partial charge is 0.325 e. The highest BCUT2D eigenvalue weighted by atomic mass is 32.2. The van der Waals surface area contributed by atoms with Gasteiger partial charge in [0.15, 0.2) is 11.0 Å².